The van der Waals surface area contributed by atoms with Crippen LogP contribution in [0.4, 0.5) is 11.6 Å². The SMILES string of the molecule is CCc1ccc(CCNc2cc(N3CCN(C)C(=O)C3)ncn2)cc1. The molecule has 0 unspecified atom stereocenters. The van der Waals surface area contributed by atoms with Gasteiger partial charge < -0.3 is 15.1 Å². The second-order valence-corrected chi connectivity index (χ2v) is 6.35. The molecule has 1 N–H and O–H groups in total. The van der Waals surface area contributed by atoms with Crippen LogP contribution in [-0.2, 0) is 17.6 Å². The first-order valence-corrected chi connectivity index (χ1v) is 8.78. The summed E-state index contributed by atoms with van der Waals surface area (Å²) in [6.45, 7) is 4.86. The number of rotatable bonds is 6. The van der Waals surface area contributed by atoms with Crippen molar-refractivity contribution >= 4 is 17.5 Å². The van der Waals surface area contributed by atoms with E-state index in [1.165, 1.54) is 11.1 Å². The number of aromatic nitrogens is 2. The molecule has 0 spiro atoms. The molecule has 1 aromatic heterocycles. The number of amides is 1. The van der Waals surface area contributed by atoms with Gasteiger partial charge in [-0.2, -0.15) is 0 Å². The number of carbonyl (C=O) groups is 1. The summed E-state index contributed by atoms with van der Waals surface area (Å²) in [7, 11) is 1.83. The summed E-state index contributed by atoms with van der Waals surface area (Å²) in [6.07, 6.45) is 3.56. The van der Waals surface area contributed by atoms with E-state index in [9.17, 15) is 4.79 Å². The molecule has 132 valence electrons. The van der Waals surface area contributed by atoms with Gasteiger partial charge in [-0.25, -0.2) is 9.97 Å². The van der Waals surface area contributed by atoms with Crippen LogP contribution in [0.2, 0.25) is 0 Å². The second kappa shape index (κ2) is 7.96. The summed E-state index contributed by atoms with van der Waals surface area (Å²) >= 11 is 0. The Morgan fingerprint density at radius 1 is 1.12 bits per heavy atom. The molecule has 6 heteroatoms. The average molecular weight is 339 g/mol. The van der Waals surface area contributed by atoms with Crippen LogP contribution in [0.15, 0.2) is 36.7 Å². The third-order valence-corrected chi connectivity index (χ3v) is 4.58. The third kappa shape index (κ3) is 4.47. The Morgan fingerprint density at radius 2 is 1.88 bits per heavy atom. The van der Waals surface area contributed by atoms with Gasteiger partial charge in [0.1, 0.15) is 18.0 Å². The Labute approximate surface area is 148 Å². The Kier molecular flexibility index (Phi) is 5.48. The van der Waals surface area contributed by atoms with Crippen molar-refractivity contribution in [3.05, 3.63) is 47.8 Å². The fraction of sp³-hybridized carbons (Fsp3) is 0.421. The van der Waals surface area contributed by atoms with Gasteiger partial charge in [0.05, 0.1) is 6.54 Å². The maximum Gasteiger partial charge on any atom is 0.241 e. The second-order valence-electron chi connectivity index (χ2n) is 6.35. The topological polar surface area (TPSA) is 61.4 Å². The summed E-state index contributed by atoms with van der Waals surface area (Å²) < 4.78 is 0. The average Bonchev–Trinajstić information content (AvgIpc) is 2.65. The maximum absolute atomic E-state index is 11.9. The maximum atomic E-state index is 11.9. The number of benzene rings is 1. The van der Waals surface area contributed by atoms with E-state index in [1.807, 2.05) is 18.0 Å². The number of hydrogen-bond acceptors (Lipinski definition) is 5. The van der Waals surface area contributed by atoms with Crippen molar-refractivity contribution in [2.45, 2.75) is 19.8 Å². The highest BCUT2D eigenvalue weighted by atomic mass is 16.2. The van der Waals surface area contributed by atoms with Crippen molar-refractivity contribution in [1.82, 2.24) is 14.9 Å². The molecule has 3 rings (SSSR count). The fourth-order valence-corrected chi connectivity index (χ4v) is 2.85. The standard InChI is InChI=1S/C19H25N5O/c1-3-15-4-6-16(7-5-15)8-9-20-17-12-18(22-14-21-17)24-11-10-23(2)19(25)13-24/h4-7,12,14H,3,8-11,13H2,1-2H3,(H,20,21,22). The molecular weight excluding hydrogens is 314 g/mol. The lowest BCUT2D eigenvalue weighted by atomic mass is 10.1. The zero-order valence-electron chi connectivity index (χ0n) is 14.9. The predicted molar refractivity (Wildman–Crippen MR) is 99.9 cm³/mol. The Bertz CT molecular complexity index is 716. The first-order valence-electron chi connectivity index (χ1n) is 8.78. The van der Waals surface area contributed by atoms with E-state index in [2.05, 4.69) is 46.5 Å². The number of anilines is 2. The number of aryl methyl sites for hydroxylation is 1. The Balaban J connectivity index is 1.55. The fourth-order valence-electron chi connectivity index (χ4n) is 2.85. The minimum Gasteiger partial charge on any atom is -0.370 e. The molecule has 0 bridgehead atoms. The normalized spacial score (nSPS) is 14.7. The van der Waals surface area contributed by atoms with Crippen molar-refractivity contribution in [3.63, 3.8) is 0 Å². The predicted octanol–water partition coefficient (Wildman–Crippen LogP) is 1.97. The van der Waals surface area contributed by atoms with E-state index in [-0.39, 0.29) is 5.91 Å². The van der Waals surface area contributed by atoms with E-state index >= 15 is 0 Å². The van der Waals surface area contributed by atoms with Crippen LogP contribution in [0, 0.1) is 0 Å². The highest BCUT2D eigenvalue weighted by Crippen LogP contribution is 2.16. The largest absolute Gasteiger partial charge is 0.370 e. The molecule has 2 aromatic rings. The highest BCUT2D eigenvalue weighted by molar-refractivity contribution is 5.82. The van der Waals surface area contributed by atoms with E-state index < -0.39 is 0 Å². The first kappa shape index (κ1) is 17.2. The number of likely N-dealkylation sites (N-methyl/N-ethyl adjacent to an activating group) is 1. The van der Waals surface area contributed by atoms with Crippen LogP contribution < -0.4 is 10.2 Å². The molecule has 0 saturated carbocycles. The molecule has 0 radical (unpaired) electrons. The Hall–Kier alpha value is -2.63. The van der Waals surface area contributed by atoms with Gasteiger partial charge in [-0.15, -0.1) is 0 Å². The minimum absolute atomic E-state index is 0.120. The monoisotopic (exact) mass is 339 g/mol. The van der Waals surface area contributed by atoms with Gasteiger partial charge in [0.25, 0.3) is 0 Å². The van der Waals surface area contributed by atoms with Gasteiger partial charge in [-0.3, -0.25) is 4.79 Å². The Morgan fingerprint density at radius 3 is 2.60 bits per heavy atom. The smallest absolute Gasteiger partial charge is 0.241 e. The minimum atomic E-state index is 0.120. The number of nitrogens with zero attached hydrogens (tertiary/aromatic N) is 4. The van der Waals surface area contributed by atoms with Gasteiger partial charge in [0, 0.05) is 32.7 Å². The lowest BCUT2D eigenvalue weighted by Crippen LogP contribution is -2.48. The van der Waals surface area contributed by atoms with Crippen LogP contribution >= 0.6 is 0 Å². The van der Waals surface area contributed by atoms with Crippen LogP contribution in [-0.4, -0.2) is 54.0 Å². The van der Waals surface area contributed by atoms with Gasteiger partial charge in [0.2, 0.25) is 5.91 Å². The quantitative estimate of drug-likeness (QED) is 0.872. The zero-order chi connectivity index (χ0) is 17.6. The zero-order valence-corrected chi connectivity index (χ0v) is 14.9. The summed E-state index contributed by atoms with van der Waals surface area (Å²) in [6, 6.07) is 10.6. The molecule has 6 nitrogen and oxygen atoms in total. The number of hydrogen-bond donors (Lipinski definition) is 1. The lowest BCUT2D eigenvalue weighted by molar-refractivity contribution is -0.129. The van der Waals surface area contributed by atoms with Crippen LogP contribution in [0.25, 0.3) is 0 Å². The van der Waals surface area contributed by atoms with E-state index in [1.54, 1.807) is 11.2 Å². The molecule has 1 aliphatic heterocycles. The van der Waals surface area contributed by atoms with Gasteiger partial charge >= 0.3 is 0 Å². The molecule has 1 aromatic carbocycles. The van der Waals surface area contributed by atoms with Crippen molar-refractivity contribution < 1.29 is 4.79 Å². The van der Waals surface area contributed by atoms with Crippen LogP contribution in [0.3, 0.4) is 0 Å². The number of carbonyl (C=O) groups excluding carboxylic acids is 1. The van der Waals surface area contributed by atoms with Crippen molar-refractivity contribution in [2.75, 3.05) is 43.4 Å². The first-order chi connectivity index (χ1) is 12.2. The van der Waals surface area contributed by atoms with Gasteiger partial charge in [-0.1, -0.05) is 31.2 Å². The van der Waals surface area contributed by atoms with Crippen molar-refractivity contribution in [2.24, 2.45) is 0 Å². The molecule has 1 saturated heterocycles. The van der Waals surface area contributed by atoms with Crippen LogP contribution in [0.5, 0.6) is 0 Å². The van der Waals surface area contributed by atoms with E-state index in [0.29, 0.717) is 6.54 Å². The summed E-state index contributed by atoms with van der Waals surface area (Å²) in [5.41, 5.74) is 2.67. The molecular formula is C19H25N5O. The molecule has 1 aliphatic rings. The summed E-state index contributed by atoms with van der Waals surface area (Å²) in [5.74, 6) is 1.71. The van der Waals surface area contributed by atoms with Gasteiger partial charge in [-0.05, 0) is 24.0 Å². The molecule has 1 amide bonds. The van der Waals surface area contributed by atoms with Crippen molar-refractivity contribution in [1.29, 1.82) is 0 Å². The number of nitrogens with one attached hydrogen (secondary N) is 1. The third-order valence-electron chi connectivity index (χ3n) is 4.58. The van der Waals surface area contributed by atoms with Gasteiger partial charge in [0.15, 0.2) is 0 Å². The van der Waals surface area contributed by atoms with E-state index in [0.717, 1.165) is 44.1 Å². The molecule has 25 heavy (non-hydrogen) atoms. The molecule has 0 aliphatic carbocycles. The number of piperazine rings is 1. The molecule has 1 fully saturated rings. The summed E-state index contributed by atoms with van der Waals surface area (Å²) in [5, 5.41) is 3.35. The molecule has 2 heterocycles. The summed E-state index contributed by atoms with van der Waals surface area (Å²) in [4.78, 5) is 24.2. The molecule has 0 atom stereocenters. The van der Waals surface area contributed by atoms with Crippen molar-refractivity contribution in [3.8, 4) is 0 Å². The van der Waals surface area contributed by atoms with E-state index in [4.69, 9.17) is 0 Å². The lowest BCUT2D eigenvalue weighted by Gasteiger charge is -2.32. The highest BCUT2D eigenvalue weighted by Gasteiger charge is 2.22. The van der Waals surface area contributed by atoms with Crippen LogP contribution in [0.1, 0.15) is 18.1 Å².